The van der Waals surface area contributed by atoms with Gasteiger partial charge in [-0.15, -0.1) is 0 Å². The molecule has 1 aromatic carbocycles. The van der Waals surface area contributed by atoms with Crippen molar-refractivity contribution in [1.82, 2.24) is 5.32 Å². The number of Topliss-reactive ketones (excluding diaryl/α,β-unsaturated/α-hetero) is 1. The molecule has 1 amide bonds. The molecule has 6 nitrogen and oxygen atoms in total. The van der Waals surface area contributed by atoms with E-state index in [0.29, 0.717) is 5.56 Å². The molecule has 0 aliphatic rings. The number of rotatable bonds is 6. The minimum absolute atomic E-state index is 0.138. The zero-order valence-corrected chi connectivity index (χ0v) is 14.2. The first-order valence-electron chi connectivity index (χ1n) is 7.48. The van der Waals surface area contributed by atoms with Crippen LogP contribution in [-0.4, -0.2) is 35.7 Å². The van der Waals surface area contributed by atoms with Gasteiger partial charge in [-0.25, -0.2) is 14.0 Å². The van der Waals surface area contributed by atoms with Gasteiger partial charge in [-0.3, -0.25) is 4.79 Å². The quantitative estimate of drug-likeness (QED) is 0.636. The molecule has 132 valence electrons. The van der Waals surface area contributed by atoms with E-state index < -0.39 is 35.7 Å². The van der Waals surface area contributed by atoms with E-state index in [1.807, 2.05) is 0 Å². The third-order valence-corrected chi connectivity index (χ3v) is 2.84. The maximum atomic E-state index is 13.9. The molecule has 1 unspecified atom stereocenters. The normalized spacial score (nSPS) is 13.5. The summed E-state index contributed by atoms with van der Waals surface area (Å²) in [4.78, 5) is 35.0. The summed E-state index contributed by atoms with van der Waals surface area (Å²) in [5.74, 6) is -2.39. The van der Waals surface area contributed by atoms with E-state index in [9.17, 15) is 18.8 Å². The maximum absolute atomic E-state index is 13.9. The van der Waals surface area contributed by atoms with Crippen LogP contribution in [0.2, 0.25) is 0 Å². The van der Waals surface area contributed by atoms with Gasteiger partial charge in [0, 0.05) is 0 Å². The number of halogens is 1. The summed E-state index contributed by atoms with van der Waals surface area (Å²) in [6, 6.07) is 7.46. The van der Waals surface area contributed by atoms with E-state index in [2.05, 4.69) is 5.32 Å². The molecule has 7 heteroatoms. The topological polar surface area (TPSA) is 81.7 Å². The molecule has 0 aliphatic carbocycles. The highest BCUT2D eigenvalue weighted by Crippen LogP contribution is 2.09. The molecule has 1 aromatic rings. The lowest BCUT2D eigenvalue weighted by molar-refractivity contribution is -0.154. The Morgan fingerprint density at radius 2 is 1.75 bits per heavy atom. The van der Waals surface area contributed by atoms with Crippen LogP contribution in [0, 0.1) is 0 Å². The molecule has 0 fully saturated rings. The summed E-state index contributed by atoms with van der Waals surface area (Å²) >= 11 is 0. The molecule has 0 spiro atoms. The fourth-order valence-corrected chi connectivity index (χ4v) is 1.69. The highest BCUT2D eigenvalue weighted by Gasteiger charge is 2.33. The molecule has 0 aliphatic heterocycles. The van der Waals surface area contributed by atoms with Crippen molar-refractivity contribution in [1.29, 1.82) is 0 Å². The molecule has 2 atom stereocenters. The molecule has 0 saturated heterocycles. The fraction of sp³-hybridized carbons (Fsp3) is 0.471. The maximum Gasteiger partial charge on any atom is 0.408 e. The summed E-state index contributed by atoms with van der Waals surface area (Å²) in [5, 5.41) is 2.19. The van der Waals surface area contributed by atoms with Crippen LogP contribution < -0.4 is 5.32 Å². The lowest BCUT2D eigenvalue weighted by Gasteiger charge is -2.21. The first-order valence-corrected chi connectivity index (χ1v) is 7.48. The van der Waals surface area contributed by atoms with Crippen LogP contribution in [0.15, 0.2) is 30.3 Å². The van der Waals surface area contributed by atoms with Gasteiger partial charge in [-0.1, -0.05) is 30.3 Å². The predicted molar refractivity (Wildman–Crippen MR) is 85.0 cm³/mol. The summed E-state index contributed by atoms with van der Waals surface area (Å²) in [5.41, 5.74) is -0.0817. The summed E-state index contributed by atoms with van der Waals surface area (Å²) in [6.07, 6.45) is -3.34. The van der Waals surface area contributed by atoms with Gasteiger partial charge >= 0.3 is 12.1 Å². The van der Waals surface area contributed by atoms with E-state index in [0.717, 1.165) is 0 Å². The number of esters is 1. The number of ketones is 1. The minimum Gasteiger partial charge on any atom is -0.458 e. The van der Waals surface area contributed by atoms with Gasteiger partial charge in [0.2, 0.25) is 5.78 Å². The van der Waals surface area contributed by atoms with Gasteiger partial charge in [0.25, 0.3) is 6.17 Å². The lowest BCUT2D eigenvalue weighted by atomic mass is 10.1. The van der Waals surface area contributed by atoms with Gasteiger partial charge in [0.05, 0.1) is 6.04 Å². The monoisotopic (exact) mass is 339 g/mol. The average molecular weight is 339 g/mol. The van der Waals surface area contributed by atoms with Crippen molar-refractivity contribution < 1.29 is 28.2 Å². The number of hydrogen-bond donors (Lipinski definition) is 1. The molecule has 24 heavy (non-hydrogen) atoms. The number of hydrogen-bond acceptors (Lipinski definition) is 5. The largest absolute Gasteiger partial charge is 0.458 e. The molecule has 0 bridgehead atoms. The second-order valence-electron chi connectivity index (χ2n) is 6.23. The van der Waals surface area contributed by atoms with E-state index in [1.54, 1.807) is 51.1 Å². The van der Waals surface area contributed by atoms with E-state index in [1.165, 1.54) is 6.92 Å². The summed E-state index contributed by atoms with van der Waals surface area (Å²) in [6.45, 7) is 6.08. The SMILES string of the molecule is C[C@H](NC(=O)OC(C)(C)C)C(=O)C(F)C(=O)OCc1ccccc1. The number of ether oxygens (including phenoxy) is 2. The van der Waals surface area contributed by atoms with Crippen LogP contribution in [0.4, 0.5) is 9.18 Å². The van der Waals surface area contributed by atoms with Crippen molar-refractivity contribution >= 4 is 17.8 Å². The Morgan fingerprint density at radius 1 is 1.17 bits per heavy atom. The van der Waals surface area contributed by atoms with Crippen LogP contribution in [0.5, 0.6) is 0 Å². The number of amides is 1. The van der Waals surface area contributed by atoms with Crippen LogP contribution >= 0.6 is 0 Å². The molecular weight excluding hydrogens is 317 g/mol. The second kappa shape index (κ2) is 8.42. The van der Waals surface area contributed by atoms with Gasteiger partial charge in [0.1, 0.15) is 12.2 Å². The number of carbonyl (C=O) groups excluding carboxylic acids is 3. The molecule has 1 N–H and O–H groups in total. The van der Waals surface area contributed by atoms with Crippen molar-refractivity contribution in [2.75, 3.05) is 0 Å². The number of benzene rings is 1. The van der Waals surface area contributed by atoms with Crippen LogP contribution in [0.3, 0.4) is 0 Å². The molecular formula is C17H22FNO5. The third-order valence-electron chi connectivity index (χ3n) is 2.84. The Balaban J connectivity index is 2.50. The second-order valence-corrected chi connectivity index (χ2v) is 6.23. The third kappa shape index (κ3) is 6.76. The molecule has 0 aromatic heterocycles. The number of carbonyl (C=O) groups is 3. The van der Waals surface area contributed by atoms with Gasteiger partial charge in [0.15, 0.2) is 0 Å². The van der Waals surface area contributed by atoms with Crippen molar-refractivity contribution in [3.05, 3.63) is 35.9 Å². The highest BCUT2D eigenvalue weighted by molar-refractivity contribution is 6.05. The Labute approximate surface area is 140 Å². The highest BCUT2D eigenvalue weighted by atomic mass is 19.1. The number of alkyl halides is 1. The van der Waals surface area contributed by atoms with Crippen LogP contribution in [-0.2, 0) is 25.7 Å². The Kier molecular flexibility index (Phi) is 6.88. The lowest BCUT2D eigenvalue weighted by Crippen LogP contribution is -2.46. The van der Waals surface area contributed by atoms with Crippen molar-refractivity contribution in [2.45, 2.75) is 52.1 Å². The van der Waals surface area contributed by atoms with Gasteiger partial charge in [-0.2, -0.15) is 0 Å². The Bertz CT molecular complexity index is 582. The van der Waals surface area contributed by atoms with E-state index in [-0.39, 0.29) is 6.61 Å². The van der Waals surface area contributed by atoms with Gasteiger partial charge < -0.3 is 14.8 Å². The van der Waals surface area contributed by atoms with Crippen LogP contribution in [0.25, 0.3) is 0 Å². The van der Waals surface area contributed by atoms with Crippen molar-refractivity contribution in [3.8, 4) is 0 Å². The summed E-state index contributed by atoms with van der Waals surface area (Å²) < 4.78 is 23.6. The molecule has 0 heterocycles. The molecule has 1 rings (SSSR count). The standard InChI is InChI=1S/C17H22FNO5/c1-11(19-16(22)24-17(2,3)4)14(20)13(18)15(21)23-10-12-8-6-5-7-9-12/h5-9,11,13H,10H2,1-4H3,(H,19,22)/t11-,13?/m0/s1. The van der Waals surface area contributed by atoms with E-state index in [4.69, 9.17) is 9.47 Å². The Hall–Kier alpha value is -2.44. The molecule has 0 saturated carbocycles. The summed E-state index contributed by atoms with van der Waals surface area (Å²) in [7, 11) is 0. The minimum atomic E-state index is -2.47. The molecule has 0 radical (unpaired) electrons. The van der Waals surface area contributed by atoms with Gasteiger partial charge in [-0.05, 0) is 33.3 Å². The zero-order valence-electron chi connectivity index (χ0n) is 14.2. The fourth-order valence-electron chi connectivity index (χ4n) is 1.69. The number of alkyl carbamates (subject to hydrolysis) is 1. The van der Waals surface area contributed by atoms with Crippen molar-refractivity contribution in [3.63, 3.8) is 0 Å². The smallest absolute Gasteiger partial charge is 0.408 e. The zero-order chi connectivity index (χ0) is 18.3. The average Bonchev–Trinajstić information content (AvgIpc) is 2.50. The first kappa shape index (κ1) is 19.6. The number of nitrogens with one attached hydrogen (secondary N) is 1. The van der Waals surface area contributed by atoms with E-state index >= 15 is 0 Å². The predicted octanol–water partition coefficient (Wildman–Crippen LogP) is 2.55. The first-order chi connectivity index (χ1) is 11.1. The van der Waals surface area contributed by atoms with Crippen LogP contribution in [0.1, 0.15) is 33.3 Å². The van der Waals surface area contributed by atoms with Crippen molar-refractivity contribution in [2.24, 2.45) is 0 Å². The Morgan fingerprint density at radius 3 is 2.29 bits per heavy atom.